The zero-order valence-electron chi connectivity index (χ0n) is 11.7. The fourth-order valence-electron chi connectivity index (χ4n) is 3.00. The molecule has 1 aliphatic heterocycles. The van der Waals surface area contributed by atoms with Crippen LogP contribution in [0.4, 0.5) is 0 Å². The largest absolute Gasteiger partial charge is 0.310 e. The lowest BCUT2D eigenvalue weighted by atomic mass is 9.97. The molecule has 0 radical (unpaired) electrons. The predicted molar refractivity (Wildman–Crippen MR) is 84.0 cm³/mol. The number of fused-ring (bicyclic) bond motifs is 1. The molecule has 3 heteroatoms. The molecule has 2 aromatic carbocycles. The van der Waals surface area contributed by atoms with Gasteiger partial charge in [0.25, 0.3) is 0 Å². The average molecular weight is 275 g/mol. The Labute approximate surface area is 124 Å². The van der Waals surface area contributed by atoms with Gasteiger partial charge < -0.3 is 5.32 Å². The van der Waals surface area contributed by atoms with E-state index in [1.165, 1.54) is 22.3 Å². The van der Waals surface area contributed by atoms with Crippen molar-refractivity contribution < 1.29 is 0 Å². The number of hydrogen-bond donors (Lipinski definition) is 1. The van der Waals surface area contributed by atoms with Crippen molar-refractivity contribution in [1.82, 2.24) is 15.1 Å². The van der Waals surface area contributed by atoms with Gasteiger partial charge in [-0.25, -0.2) is 0 Å². The molecule has 0 bridgehead atoms. The summed E-state index contributed by atoms with van der Waals surface area (Å²) in [6.07, 6.45) is 4.09. The van der Waals surface area contributed by atoms with Crippen molar-refractivity contribution in [2.24, 2.45) is 0 Å². The molecule has 1 atom stereocenters. The molecule has 0 spiro atoms. The van der Waals surface area contributed by atoms with Crippen molar-refractivity contribution in [1.29, 1.82) is 0 Å². The maximum absolute atomic E-state index is 4.59. The van der Waals surface area contributed by atoms with E-state index in [9.17, 15) is 0 Å². The lowest BCUT2D eigenvalue weighted by molar-refractivity contribution is 0.452. The normalized spacial score (nSPS) is 17.4. The fourth-order valence-corrected chi connectivity index (χ4v) is 3.00. The number of benzene rings is 2. The van der Waals surface area contributed by atoms with E-state index in [1.807, 2.05) is 12.3 Å². The SMILES string of the molecule is c1ccc(-c2cnn(C3CNCc4ccccc43)c2)cc1. The third-order valence-electron chi connectivity index (χ3n) is 4.10. The van der Waals surface area contributed by atoms with Gasteiger partial charge in [-0.1, -0.05) is 54.6 Å². The molecule has 1 unspecified atom stereocenters. The highest BCUT2D eigenvalue weighted by Gasteiger charge is 2.21. The molecular formula is C18H17N3. The first-order chi connectivity index (χ1) is 10.4. The van der Waals surface area contributed by atoms with Crippen molar-refractivity contribution in [3.8, 4) is 11.1 Å². The summed E-state index contributed by atoms with van der Waals surface area (Å²) in [5.41, 5.74) is 5.11. The molecule has 104 valence electrons. The van der Waals surface area contributed by atoms with E-state index < -0.39 is 0 Å². The van der Waals surface area contributed by atoms with E-state index in [4.69, 9.17) is 0 Å². The van der Waals surface area contributed by atoms with E-state index in [0.717, 1.165) is 13.1 Å². The molecule has 0 aliphatic carbocycles. The highest BCUT2D eigenvalue weighted by molar-refractivity contribution is 5.61. The summed E-state index contributed by atoms with van der Waals surface area (Å²) >= 11 is 0. The Morgan fingerprint density at radius 2 is 1.76 bits per heavy atom. The van der Waals surface area contributed by atoms with E-state index >= 15 is 0 Å². The van der Waals surface area contributed by atoms with Crippen LogP contribution in [0.2, 0.25) is 0 Å². The number of aromatic nitrogens is 2. The summed E-state index contributed by atoms with van der Waals surface area (Å²) in [5, 5.41) is 8.07. The van der Waals surface area contributed by atoms with Crippen LogP contribution in [0.3, 0.4) is 0 Å². The van der Waals surface area contributed by atoms with Gasteiger partial charge in [0.15, 0.2) is 0 Å². The molecule has 3 aromatic rings. The van der Waals surface area contributed by atoms with Crippen LogP contribution >= 0.6 is 0 Å². The standard InChI is InChI=1S/C18H17N3/c1-2-6-14(7-3-1)16-11-20-21(13-16)18-12-19-10-15-8-4-5-9-17(15)18/h1-9,11,13,18-19H,10,12H2. The van der Waals surface area contributed by atoms with Crippen LogP contribution in [-0.2, 0) is 6.54 Å². The molecule has 1 aromatic heterocycles. The number of rotatable bonds is 2. The van der Waals surface area contributed by atoms with Crippen molar-refractivity contribution in [3.05, 3.63) is 78.1 Å². The summed E-state index contributed by atoms with van der Waals surface area (Å²) in [5.74, 6) is 0. The molecule has 0 fully saturated rings. The summed E-state index contributed by atoms with van der Waals surface area (Å²) in [6.45, 7) is 1.87. The van der Waals surface area contributed by atoms with Gasteiger partial charge in [0.2, 0.25) is 0 Å². The lowest BCUT2D eigenvalue weighted by Crippen LogP contribution is -2.32. The number of nitrogens with zero attached hydrogens (tertiary/aromatic N) is 2. The number of nitrogens with one attached hydrogen (secondary N) is 1. The van der Waals surface area contributed by atoms with E-state index in [2.05, 4.69) is 69.8 Å². The Balaban J connectivity index is 1.71. The van der Waals surface area contributed by atoms with Gasteiger partial charge in [-0.15, -0.1) is 0 Å². The predicted octanol–water partition coefficient (Wildman–Crippen LogP) is 3.24. The van der Waals surface area contributed by atoms with Crippen LogP contribution in [-0.4, -0.2) is 16.3 Å². The van der Waals surface area contributed by atoms with Gasteiger partial charge in [-0.2, -0.15) is 5.10 Å². The van der Waals surface area contributed by atoms with Gasteiger partial charge in [-0.05, 0) is 16.7 Å². The van der Waals surface area contributed by atoms with Gasteiger partial charge in [0.1, 0.15) is 0 Å². The van der Waals surface area contributed by atoms with Gasteiger partial charge in [0.05, 0.1) is 12.2 Å². The monoisotopic (exact) mass is 275 g/mol. The minimum atomic E-state index is 0.271. The number of hydrogen-bond acceptors (Lipinski definition) is 2. The first kappa shape index (κ1) is 12.4. The first-order valence-corrected chi connectivity index (χ1v) is 7.30. The molecular weight excluding hydrogens is 258 g/mol. The van der Waals surface area contributed by atoms with E-state index in [-0.39, 0.29) is 6.04 Å². The smallest absolute Gasteiger partial charge is 0.0896 e. The summed E-state index contributed by atoms with van der Waals surface area (Å²) in [4.78, 5) is 0. The Morgan fingerprint density at radius 1 is 0.952 bits per heavy atom. The molecule has 0 saturated carbocycles. The Morgan fingerprint density at radius 3 is 2.67 bits per heavy atom. The molecule has 2 heterocycles. The van der Waals surface area contributed by atoms with Crippen molar-refractivity contribution in [2.45, 2.75) is 12.6 Å². The zero-order chi connectivity index (χ0) is 14.1. The Hall–Kier alpha value is -2.39. The molecule has 4 rings (SSSR count). The van der Waals surface area contributed by atoms with Gasteiger partial charge in [-0.3, -0.25) is 4.68 Å². The van der Waals surface area contributed by atoms with Crippen LogP contribution in [0.15, 0.2) is 67.0 Å². The van der Waals surface area contributed by atoms with Gasteiger partial charge in [0, 0.05) is 24.8 Å². The minimum Gasteiger partial charge on any atom is -0.310 e. The summed E-state index contributed by atoms with van der Waals surface area (Å²) in [6, 6.07) is 19.3. The fraction of sp³-hybridized carbons (Fsp3) is 0.167. The summed E-state index contributed by atoms with van der Waals surface area (Å²) in [7, 11) is 0. The topological polar surface area (TPSA) is 29.9 Å². The van der Waals surface area contributed by atoms with Crippen LogP contribution in [0.5, 0.6) is 0 Å². The van der Waals surface area contributed by atoms with Crippen LogP contribution in [0.25, 0.3) is 11.1 Å². The van der Waals surface area contributed by atoms with Crippen molar-refractivity contribution in [3.63, 3.8) is 0 Å². The second kappa shape index (κ2) is 5.19. The van der Waals surface area contributed by atoms with Crippen molar-refractivity contribution in [2.75, 3.05) is 6.54 Å². The molecule has 0 saturated heterocycles. The highest BCUT2D eigenvalue weighted by Crippen LogP contribution is 2.27. The molecule has 1 N–H and O–H groups in total. The van der Waals surface area contributed by atoms with E-state index in [1.54, 1.807) is 0 Å². The quantitative estimate of drug-likeness (QED) is 0.778. The van der Waals surface area contributed by atoms with Crippen LogP contribution in [0, 0.1) is 0 Å². The van der Waals surface area contributed by atoms with Crippen LogP contribution in [0.1, 0.15) is 17.2 Å². The third-order valence-corrected chi connectivity index (χ3v) is 4.10. The molecule has 21 heavy (non-hydrogen) atoms. The van der Waals surface area contributed by atoms with Crippen LogP contribution < -0.4 is 5.32 Å². The Kier molecular flexibility index (Phi) is 3.05. The maximum Gasteiger partial charge on any atom is 0.0896 e. The van der Waals surface area contributed by atoms with E-state index in [0.29, 0.717) is 0 Å². The minimum absolute atomic E-state index is 0.271. The van der Waals surface area contributed by atoms with Crippen molar-refractivity contribution >= 4 is 0 Å². The second-order valence-corrected chi connectivity index (χ2v) is 5.42. The lowest BCUT2D eigenvalue weighted by Gasteiger charge is -2.26. The average Bonchev–Trinajstić information content (AvgIpc) is 3.05. The third kappa shape index (κ3) is 2.26. The first-order valence-electron chi connectivity index (χ1n) is 7.30. The van der Waals surface area contributed by atoms with Gasteiger partial charge >= 0.3 is 0 Å². The maximum atomic E-state index is 4.59. The molecule has 1 aliphatic rings. The molecule has 3 nitrogen and oxygen atoms in total. The summed E-state index contributed by atoms with van der Waals surface area (Å²) < 4.78 is 2.08. The second-order valence-electron chi connectivity index (χ2n) is 5.42. The zero-order valence-corrected chi connectivity index (χ0v) is 11.7. The molecule has 0 amide bonds. The Bertz CT molecular complexity index is 746. The highest BCUT2D eigenvalue weighted by atomic mass is 15.3.